The predicted molar refractivity (Wildman–Crippen MR) is 116 cm³/mol. The van der Waals surface area contributed by atoms with E-state index in [9.17, 15) is 13.2 Å². The molecule has 158 valence electrons. The summed E-state index contributed by atoms with van der Waals surface area (Å²) in [5, 5.41) is 0. The summed E-state index contributed by atoms with van der Waals surface area (Å²) in [6.45, 7) is 1.78. The molecule has 0 spiro atoms. The lowest BCUT2D eigenvalue weighted by Crippen LogP contribution is -2.30. The van der Waals surface area contributed by atoms with E-state index in [2.05, 4.69) is 0 Å². The lowest BCUT2D eigenvalue weighted by atomic mass is 10.2. The Morgan fingerprint density at radius 1 is 0.903 bits per heavy atom. The molecular weight excluding hydrogens is 414 g/mol. The highest BCUT2D eigenvalue weighted by Crippen LogP contribution is 2.33. The number of rotatable bonds is 6. The van der Waals surface area contributed by atoms with Gasteiger partial charge in [0.1, 0.15) is 5.75 Å². The van der Waals surface area contributed by atoms with Crippen molar-refractivity contribution in [1.82, 2.24) is 4.31 Å². The number of hydrogen-bond acceptors (Lipinski definition) is 5. The third kappa shape index (κ3) is 4.62. The number of ether oxygens (including phenoxy) is 2. The molecule has 7 heteroatoms. The van der Waals surface area contributed by atoms with E-state index >= 15 is 0 Å². The molecule has 1 aliphatic heterocycles. The predicted octanol–water partition coefficient (Wildman–Crippen LogP) is 4.12. The highest BCUT2D eigenvalue weighted by Gasteiger charge is 2.32. The number of carbonyl (C=O) groups excluding carboxylic acids is 1. The van der Waals surface area contributed by atoms with Crippen LogP contribution in [-0.2, 0) is 26.1 Å². The highest BCUT2D eigenvalue weighted by atomic mass is 32.2. The average molecular weight is 436 g/mol. The minimum absolute atomic E-state index is 0.0932. The van der Waals surface area contributed by atoms with Gasteiger partial charge in [-0.15, -0.1) is 0 Å². The summed E-state index contributed by atoms with van der Waals surface area (Å²) >= 11 is 0. The first-order valence-corrected chi connectivity index (χ1v) is 11.1. The molecule has 0 radical (unpaired) electrons. The second-order valence-corrected chi connectivity index (χ2v) is 8.96. The van der Waals surface area contributed by atoms with Gasteiger partial charge >= 0.3 is 5.97 Å². The molecule has 0 aromatic heterocycles. The van der Waals surface area contributed by atoms with Gasteiger partial charge in [0.2, 0.25) is 0 Å². The molecule has 0 atom stereocenters. The van der Waals surface area contributed by atoms with Crippen LogP contribution in [0.1, 0.15) is 16.7 Å². The number of aryl methyl sites for hydroxylation is 1. The third-order valence-electron chi connectivity index (χ3n) is 4.78. The van der Waals surface area contributed by atoms with Gasteiger partial charge in [0.25, 0.3) is 10.0 Å². The van der Waals surface area contributed by atoms with Crippen LogP contribution in [0.3, 0.4) is 0 Å². The fraction of sp³-hybridized carbons (Fsp3) is 0.125. The summed E-state index contributed by atoms with van der Waals surface area (Å²) in [7, 11) is -3.77. The quantitative estimate of drug-likeness (QED) is 0.545. The molecule has 0 aliphatic carbocycles. The van der Waals surface area contributed by atoms with Crippen molar-refractivity contribution in [3.05, 3.63) is 102 Å². The zero-order chi connectivity index (χ0) is 21.8. The van der Waals surface area contributed by atoms with Gasteiger partial charge in [-0.1, -0.05) is 60.2 Å². The first-order chi connectivity index (χ1) is 14.9. The number of fused-ring (bicyclic) bond motifs is 1. The van der Waals surface area contributed by atoms with Gasteiger partial charge in [0, 0.05) is 5.56 Å². The molecule has 0 amide bonds. The fourth-order valence-electron chi connectivity index (χ4n) is 3.20. The SMILES string of the molecule is Cc1ccc(OCC(=O)OC2=CN(Cc3ccccc3)S(=O)(=O)c3ccccc32)cc1. The van der Waals surface area contributed by atoms with E-state index in [0.717, 1.165) is 11.1 Å². The Kier molecular flexibility index (Phi) is 5.77. The monoisotopic (exact) mass is 435 g/mol. The molecule has 0 unspecified atom stereocenters. The van der Waals surface area contributed by atoms with Gasteiger partial charge in [-0.3, -0.25) is 4.31 Å². The zero-order valence-electron chi connectivity index (χ0n) is 16.9. The van der Waals surface area contributed by atoms with E-state index in [1.165, 1.54) is 16.6 Å². The van der Waals surface area contributed by atoms with E-state index in [0.29, 0.717) is 11.3 Å². The van der Waals surface area contributed by atoms with Crippen molar-refractivity contribution >= 4 is 21.8 Å². The first-order valence-electron chi connectivity index (χ1n) is 9.70. The summed E-state index contributed by atoms with van der Waals surface area (Å²) in [6, 6.07) is 23.0. The lowest BCUT2D eigenvalue weighted by molar-refractivity contribution is -0.139. The van der Waals surface area contributed by atoms with Crippen LogP contribution in [-0.4, -0.2) is 25.3 Å². The molecular formula is C24H21NO5S. The van der Waals surface area contributed by atoms with Gasteiger partial charge in [-0.2, -0.15) is 0 Å². The average Bonchev–Trinajstić information content (AvgIpc) is 2.77. The highest BCUT2D eigenvalue weighted by molar-refractivity contribution is 7.89. The molecule has 6 nitrogen and oxygen atoms in total. The van der Waals surface area contributed by atoms with Crippen molar-refractivity contribution in [2.24, 2.45) is 0 Å². The summed E-state index contributed by atoms with van der Waals surface area (Å²) in [5.41, 5.74) is 2.24. The maximum Gasteiger partial charge on any atom is 0.349 e. The van der Waals surface area contributed by atoms with E-state index in [1.807, 2.05) is 49.4 Å². The van der Waals surface area contributed by atoms with Crippen LogP contribution in [0.4, 0.5) is 0 Å². The number of benzene rings is 3. The normalized spacial score (nSPS) is 14.4. The molecule has 0 saturated carbocycles. The number of sulfonamides is 1. The van der Waals surface area contributed by atoms with E-state index < -0.39 is 16.0 Å². The van der Waals surface area contributed by atoms with Crippen molar-refractivity contribution in [3.8, 4) is 5.75 Å². The van der Waals surface area contributed by atoms with Crippen LogP contribution in [0.25, 0.3) is 5.76 Å². The van der Waals surface area contributed by atoms with Crippen LogP contribution in [0.2, 0.25) is 0 Å². The van der Waals surface area contributed by atoms with Crippen molar-refractivity contribution < 1.29 is 22.7 Å². The second-order valence-electron chi connectivity index (χ2n) is 7.10. The fourth-order valence-corrected chi connectivity index (χ4v) is 4.70. The lowest BCUT2D eigenvalue weighted by Gasteiger charge is -2.27. The van der Waals surface area contributed by atoms with Gasteiger partial charge < -0.3 is 9.47 Å². The Hall–Kier alpha value is -3.58. The molecule has 1 aliphatic rings. The molecule has 0 N–H and O–H groups in total. The summed E-state index contributed by atoms with van der Waals surface area (Å²) in [4.78, 5) is 12.5. The maximum absolute atomic E-state index is 13.1. The van der Waals surface area contributed by atoms with Crippen LogP contribution in [0.15, 0.2) is 90.0 Å². The summed E-state index contributed by atoms with van der Waals surface area (Å²) in [6.07, 6.45) is 1.36. The van der Waals surface area contributed by atoms with E-state index in [-0.39, 0.29) is 23.8 Å². The second kappa shape index (κ2) is 8.65. The van der Waals surface area contributed by atoms with Crippen molar-refractivity contribution in [2.45, 2.75) is 18.4 Å². The van der Waals surface area contributed by atoms with Gasteiger partial charge in [0.15, 0.2) is 12.4 Å². The largest absolute Gasteiger partial charge is 0.482 e. The minimum atomic E-state index is -3.77. The van der Waals surface area contributed by atoms with Gasteiger partial charge in [-0.05, 0) is 36.8 Å². The van der Waals surface area contributed by atoms with Gasteiger partial charge in [-0.25, -0.2) is 13.2 Å². The van der Waals surface area contributed by atoms with Crippen LogP contribution >= 0.6 is 0 Å². The topological polar surface area (TPSA) is 72.9 Å². The molecule has 3 aromatic carbocycles. The standard InChI is InChI=1S/C24H21NO5S/c1-18-11-13-20(14-12-18)29-17-24(26)30-22-16-25(15-19-7-3-2-4-8-19)31(27,28)23-10-6-5-9-21(22)23/h2-14,16H,15,17H2,1H3. The molecule has 0 saturated heterocycles. The zero-order valence-corrected chi connectivity index (χ0v) is 17.7. The Labute approximate surface area is 181 Å². The van der Waals surface area contributed by atoms with E-state index in [1.54, 1.807) is 30.3 Å². The van der Waals surface area contributed by atoms with Gasteiger partial charge in [0.05, 0.1) is 17.6 Å². The Bertz CT molecular complexity index is 1220. The summed E-state index contributed by atoms with van der Waals surface area (Å²) in [5.74, 6) is 0.0910. The number of hydrogen-bond donors (Lipinski definition) is 0. The minimum Gasteiger partial charge on any atom is -0.482 e. The molecule has 1 heterocycles. The van der Waals surface area contributed by atoms with Crippen molar-refractivity contribution in [3.63, 3.8) is 0 Å². The van der Waals surface area contributed by atoms with E-state index in [4.69, 9.17) is 9.47 Å². The smallest absolute Gasteiger partial charge is 0.349 e. The number of esters is 1. The Balaban J connectivity index is 1.56. The van der Waals surface area contributed by atoms with Crippen molar-refractivity contribution in [1.29, 1.82) is 0 Å². The summed E-state index contributed by atoms with van der Waals surface area (Å²) < 4.78 is 38.4. The Morgan fingerprint density at radius 2 is 1.58 bits per heavy atom. The van der Waals surface area contributed by atoms with Crippen LogP contribution in [0.5, 0.6) is 5.75 Å². The van der Waals surface area contributed by atoms with Crippen molar-refractivity contribution in [2.75, 3.05) is 6.61 Å². The molecule has 31 heavy (non-hydrogen) atoms. The number of nitrogens with zero attached hydrogens (tertiary/aromatic N) is 1. The number of carbonyl (C=O) groups is 1. The molecule has 3 aromatic rings. The molecule has 4 rings (SSSR count). The molecule has 0 bridgehead atoms. The molecule has 0 fully saturated rings. The Morgan fingerprint density at radius 3 is 2.32 bits per heavy atom. The third-order valence-corrected chi connectivity index (χ3v) is 6.55. The maximum atomic E-state index is 13.1. The van der Waals surface area contributed by atoms with Crippen LogP contribution in [0, 0.1) is 6.92 Å². The first kappa shape index (κ1) is 20.7. The van der Waals surface area contributed by atoms with Crippen LogP contribution < -0.4 is 4.74 Å².